The van der Waals surface area contributed by atoms with Gasteiger partial charge in [0.2, 0.25) is 0 Å². The topological polar surface area (TPSA) is 0 Å². The van der Waals surface area contributed by atoms with E-state index in [1.165, 1.54) is 96.6 Å². The molecule has 0 fully saturated rings. The van der Waals surface area contributed by atoms with Crippen LogP contribution in [0.15, 0.2) is 170 Å². The van der Waals surface area contributed by atoms with E-state index >= 15 is 0 Å². The standard InChI is InChI=1S/C46H28S/c1-2-12-29(13-3-1)39-28-40-31(23-22-30-14-4-5-15-33(30)40)26-42(39)46-37-19-8-6-17-35(37)45(36-18-7-9-20-38(36)46)32-24-25-44-41(27-32)34-16-10-11-21-43(34)47-44/h1-28H. The molecule has 0 aliphatic carbocycles. The van der Waals surface area contributed by atoms with Crippen molar-refractivity contribution < 1.29 is 0 Å². The fourth-order valence-corrected chi connectivity index (χ4v) is 8.82. The lowest BCUT2D eigenvalue weighted by Gasteiger charge is -2.21. The summed E-state index contributed by atoms with van der Waals surface area (Å²) in [7, 11) is 0. The normalized spacial score (nSPS) is 11.8. The van der Waals surface area contributed by atoms with E-state index in [1.807, 2.05) is 11.3 Å². The van der Waals surface area contributed by atoms with Crippen molar-refractivity contribution in [2.75, 3.05) is 0 Å². The molecule has 1 heteroatoms. The van der Waals surface area contributed by atoms with Crippen LogP contribution in [0.2, 0.25) is 0 Å². The lowest BCUT2D eigenvalue weighted by molar-refractivity contribution is 1.63. The van der Waals surface area contributed by atoms with Gasteiger partial charge in [-0.25, -0.2) is 0 Å². The Morgan fingerprint density at radius 3 is 1.60 bits per heavy atom. The number of fused-ring (bicyclic) bond motifs is 8. The van der Waals surface area contributed by atoms with Crippen molar-refractivity contribution in [3.63, 3.8) is 0 Å². The van der Waals surface area contributed by atoms with Gasteiger partial charge in [-0.3, -0.25) is 0 Å². The van der Waals surface area contributed by atoms with Crippen LogP contribution in [0.25, 0.3) is 96.6 Å². The molecular formula is C46H28S. The molecule has 0 atom stereocenters. The molecule has 0 saturated heterocycles. The van der Waals surface area contributed by atoms with Gasteiger partial charge in [0, 0.05) is 20.2 Å². The fraction of sp³-hybridized carbons (Fsp3) is 0. The van der Waals surface area contributed by atoms with Crippen LogP contribution in [0.5, 0.6) is 0 Å². The van der Waals surface area contributed by atoms with Gasteiger partial charge in [-0.2, -0.15) is 0 Å². The predicted molar refractivity (Wildman–Crippen MR) is 206 cm³/mol. The highest BCUT2D eigenvalue weighted by molar-refractivity contribution is 7.25. The molecule has 0 amide bonds. The van der Waals surface area contributed by atoms with Gasteiger partial charge in [0.25, 0.3) is 0 Å². The van der Waals surface area contributed by atoms with Gasteiger partial charge < -0.3 is 0 Å². The van der Waals surface area contributed by atoms with E-state index in [-0.39, 0.29) is 0 Å². The highest BCUT2D eigenvalue weighted by Gasteiger charge is 2.20. The summed E-state index contributed by atoms with van der Waals surface area (Å²) in [5, 5.41) is 12.8. The Balaban J connectivity index is 1.33. The highest BCUT2D eigenvalue weighted by atomic mass is 32.1. The molecule has 47 heavy (non-hydrogen) atoms. The first-order chi connectivity index (χ1) is 23.3. The Kier molecular flexibility index (Phi) is 5.85. The number of hydrogen-bond donors (Lipinski definition) is 0. The van der Waals surface area contributed by atoms with E-state index in [0.29, 0.717) is 0 Å². The minimum Gasteiger partial charge on any atom is -0.135 e. The van der Waals surface area contributed by atoms with Gasteiger partial charge >= 0.3 is 0 Å². The Morgan fingerprint density at radius 2 is 0.851 bits per heavy atom. The molecule has 1 aromatic heterocycles. The van der Waals surface area contributed by atoms with E-state index < -0.39 is 0 Å². The highest BCUT2D eigenvalue weighted by Crippen LogP contribution is 2.48. The maximum absolute atomic E-state index is 2.43. The van der Waals surface area contributed by atoms with Gasteiger partial charge in [0.05, 0.1) is 0 Å². The second-order valence-electron chi connectivity index (χ2n) is 12.4. The van der Waals surface area contributed by atoms with Crippen LogP contribution in [0.4, 0.5) is 0 Å². The van der Waals surface area contributed by atoms with Gasteiger partial charge in [-0.05, 0) is 107 Å². The van der Waals surface area contributed by atoms with Crippen molar-refractivity contribution in [3.05, 3.63) is 170 Å². The van der Waals surface area contributed by atoms with Crippen molar-refractivity contribution in [1.82, 2.24) is 0 Å². The molecule has 1 heterocycles. The lowest BCUT2D eigenvalue weighted by atomic mass is 9.82. The largest absolute Gasteiger partial charge is 0.135 e. The quantitative estimate of drug-likeness (QED) is 0.138. The molecule has 0 aliphatic rings. The molecule has 218 valence electrons. The van der Waals surface area contributed by atoms with E-state index in [9.17, 15) is 0 Å². The third-order valence-electron chi connectivity index (χ3n) is 9.83. The number of rotatable bonds is 3. The molecule has 10 rings (SSSR count). The van der Waals surface area contributed by atoms with Crippen LogP contribution in [-0.2, 0) is 0 Å². The molecule has 0 saturated carbocycles. The summed E-state index contributed by atoms with van der Waals surface area (Å²) in [5.74, 6) is 0. The van der Waals surface area contributed by atoms with Crippen LogP contribution >= 0.6 is 11.3 Å². The van der Waals surface area contributed by atoms with Crippen LogP contribution < -0.4 is 0 Å². The first-order valence-corrected chi connectivity index (χ1v) is 17.0. The van der Waals surface area contributed by atoms with E-state index in [2.05, 4.69) is 170 Å². The molecule has 0 bridgehead atoms. The summed E-state index contributed by atoms with van der Waals surface area (Å²) in [6.07, 6.45) is 0. The molecule has 10 aromatic rings. The zero-order valence-corrected chi connectivity index (χ0v) is 26.4. The van der Waals surface area contributed by atoms with Crippen molar-refractivity contribution in [2.45, 2.75) is 0 Å². The summed E-state index contributed by atoms with van der Waals surface area (Å²) in [6.45, 7) is 0. The van der Waals surface area contributed by atoms with Crippen molar-refractivity contribution in [3.8, 4) is 33.4 Å². The van der Waals surface area contributed by atoms with E-state index in [4.69, 9.17) is 0 Å². The molecule has 0 nitrogen and oxygen atoms in total. The summed E-state index contributed by atoms with van der Waals surface area (Å²) < 4.78 is 2.67. The first kappa shape index (κ1) is 26.5. The van der Waals surface area contributed by atoms with Gasteiger partial charge in [0.15, 0.2) is 0 Å². The van der Waals surface area contributed by atoms with E-state index in [1.54, 1.807) is 0 Å². The number of benzene rings is 9. The Hall–Kier alpha value is -5.76. The Bertz CT molecular complexity index is 2780. The first-order valence-electron chi connectivity index (χ1n) is 16.2. The maximum Gasteiger partial charge on any atom is 0.0355 e. The maximum atomic E-state index is 2.43. The Morgan fingerprint density at radius 1 is 0.277 bits per heavy atom. The monoisotopic (exact) mass is 612 g/mol. The molecule has 0 aliphatic heterocycles. The number of hydrogen-bond acceptors (Lipinski definition) is 1. The average Bonchev–Trinajstić information content (AvgIpc) is 3.51. The average molecular weight is 613 g/mol. The minimum atomic E-state index is 1.23. The second kappa shape index (κ2) is 10.4. The minimum absolute atomic E-state index is 1.23. The van der Waals surface area contributed by atoms with Gasteiger partial charge in [-0.15, -0.1) is 11.3 Å². The molecule has 9 aromatic carbocycles. The van der Waals surface area contributed by atoms with E-state index in [0.717, 1.165) is 0 Å². The second-order valence-corrected chi connectivity index (χ2v) is 13.5. The van der Waals surface area contributed by atoms with Crippen LogP contribution in [0, 0.1) is 0 Å². The molecule has 0 unspecified atom stereocenters. The predicted octanol–water partition coefficient (Wildman–Crippen LogP) is 13.7. The summed E-state index contributed by atoms with van der Waals surface area (Å²) in [6, 6.07) is 62.9. The molecular weight excluding hydrogens is 585 g/mol. The smallest absolute Gasteiger partial charge is 0.0355 e. The fourth-order valence-electron chi connectivity index (χ4n) is 7.73. The zero-order chi connectivity index (χ0) is 30.9. The molecule has 0 spiro atoms. The summed E-state index contributed by atoms with van der Waals surface area (Å²) >= 11 is 1.87. The summed E-state index contributed by atoms with van der Waals surface area (Å²) in [4.78, 5) is 0. The van der Waals surface area contributed by atoms with Crippen LogP contribution in [0.1, 0.15) is 0 Å². The van der Waals surface area contributed by atoms with Crippen molar-refractivity contribution >= 4 is 74.6 Å². The SMILES string of the molecule is c1ccc(-c2cc3c(ccc4ccccc43)cc2-c2c3ccccc3c(-c3ccc4sc5ccccc5c4c3)c3ccccc23)cc1. The third-order valence-corrected chi connectivity index (χ3v) is 11.0. The number of thiophene rings is 1. The van der Waals surface area contributed by atoms with Crippen molar-refractivity contribution in [2.24, 2.45) is 0 Å². The molecule has 0 N–H and O–H groups in total. The molecule has 0 radical (unpaired) electrons. The zero-order valence-electron chi connectivity index (χ0n) is 25.6. The van der Waals surface area contributed by atoms with Gasteiger partial charge in [0.1, 0.15) is 0 Å². The summed E-state index contributed by atoms with van der Waals surface area (Å²) in [5.41, 5.74) is 7.58. The van der Waals surface area contributed by atoms with Crippen LogP contribution in [0.3, 0.4) is 0 Å². The van der Waals surface area contributed by atoms with Gasteiger partial charge in [-0.1, -0.05) is 140 Å². The Labute approximate surface area is 276 Å². The van der Waals surface area contributed by atoms with Crippen LogP contribution in [-0.4, -0.2) is 0 Å². The lowest BCUT2D eigenvalue weighted by Crippen LogP contribution is -1.93. The van der Waals surface area contributed by atoms with Crippen molar-refractivity contribution in [1.29, 1.82) is 0 Å². The third kappa shape index (κ3) is 4.07.